The van der Waals surface area contributed by atoms with Crippen LogP contribution in [-0.4, -0.2) is 56.0 Å². The van der Waals surface area contributed by atoms with Crippen LogP contribution in [0.1, 0.15) is 5.56 Å². The molecule has 0 radical (unpaired) electrons. The Morgan fingerprint density at radius 3 is 2.86 bits per heavy atom. The molecule has 1 aliphatic rings. The number of rotatable bonds is 5. The second-order valence-electron chi connectivity index (χ2n) is 4.67. The van der Waals surface area contributed by atoms with Crippen molar-refractivity contribution in [3.05, 3.63) is 22.7 Å². The average Bonchev–Trinajstić information content (AvgIpc) is 2.49. The van der Waals surface area contributed by atoms with E-state index in [2.05, 4.69) is 0 Å². The van der Waals surface area contributed by atoms with Gasteiger partial charge in [-0.2, -0.15) is 0 Å². The van der Waals surface area contributed by atoms with Gasteiger partial charge in [-0.3, -0.25) is 9.69 Å². The lowest BCUT2D eigenvalue weighted by Crippen LogP contribution is -2.49. The zero-order valence-corrected chi connectivity index (χ0v) is 12.7. The van der Waals surface area contributed by atoms with E-state index >= 15 is 0 Å². The highest BCUT2D eigenvalue weighted by molar-refractivity contribution is 6.33. The number of methoxy groups -OCH3 is 2. The number of halogens is 1. The number of hydrogen-bond donors (Lipinski definition) is 1. The minimum Gasteiger partial charge on any atom is -0.493 e. The summed E-state index contributed by atoms with van der Waals surface area (Å²) < 4.78 is 15.7. The van der Waals surface area contributed by atoms with E-state index in [-0.39, 0.29) is 6.61 Å². The molecule has 116 valence electrons. The second kappa shape index (κ2) is 6.98. The van der Waals surface area contributed by atoms with Gasteiger partial charge in [0.15, 0.2) is 11.5 Å². The molecule has 1 aromatic carbocycles. The fraction of sp³-hybridized carbons (Fsp3) is 0.500. The first-order valence-electron chi connectivity index (χ1n) is 6.52. The standard InChI is InChI=1S/C14H18ClNO5/c1-19-11-4-3-9(12(15)13(11)20-2)7-16-5-6-21-8-10(16)14(17)18/h3-4,10H,5-8H2,1-2H3,(H,17,18). The summed E-state index contributed by atoms with van der Waals surface area (Å²) in [5, 5.41) is 9.68. The zero-order chi connectivity index (χ0) is 15.4. The highest BCUT2D eigenvalue weighted by Crippen LogP contribution is 2.37. The van der Waals surface area contributed by atoms with Crippen LogP contribution in [0.4, 0.5) is 0 Å². The van der Waals surface area contributed by atoms with Crippen LogP contribution in [0.5, 0.6) is 11.5 Å². The molecule has 1 saturated heterocycles. The van der Waals surface area contributed by atoms with Gasteiger partial charge < -0.3 is 19.3 Å². The Morgan fingerprint density at radius 2 is 2.24 bits per heavy atom. The number of carbonyl (C=O) groups is 1. The van der Waals surface area contributed by atoms with Crippen molar-refractivity contribution in [2.45, 2.75) is 12.6 Å². The van der Waals surface area contributed by atoms with Crippen molar-refractivity contribution >= 4 is 17.6 Å². The summed E-state index contributed by atoms with van der Waals surface area (Å²) >= 11 is 6.33. The summed E-state index contributed by atoms with van der Waals surface area (Å²) in [5.74, 6) is 0.103. The van der Waals surface area contributed by atoms with Gasteiger partial charge in [0.05, 0.1) is 32.5 Å². The van der Waals surface area contributed by atoms with Gasteiger partial charge in [0.2, 0.25) is 0 Å². The van der Waals surface area contributed by atoms with E-state index in [9.17, 15) is 9.90 Å². The Hall–Kier alpha value is -1.50. The molecule has 1 unspecified atom stereocenters. The van der Waals surface area contributed by atoms with Crippen molar-refractivity contribution in [2.75, 3.05) is 34.0 Å². The molecule has 1 aliphatic heterocycles. The summed E-state index contributed by atoms with van der Waals surface area (Å²) in [6, 6.07) is 2.91. The van der Waals surface area contributed by atoms with Gasteiger partial charge in [-0.1, -0.05) is 17.7 Å². The minimum absolute atomic E-state index is 0.181. The quantitative estimate of drug-likeness (QED) is 0.891. The Morgan fingerprint density at radius 1 is 1.48 bits per heavy atom. The van der Waals surface area contributed by atoms with E-state index in [0.717, 1.165) is 5.56 Å². The van der Waals surface area contributed by atoms with E-state index in [0.29, 0.717) is 36.2 Å². The first-order chi connectivity index (χ1) is 10.1. The van der Waals surface area contributed by atoms with Crippen molar-refractivity contribution in [3.63, 3.8) is 0 Å². The molecule has 7 heteroatoms. The summed E-state index contributed by atoms with van der Waals surface area (Å²) in [6.45, 7) is 1.65. The van der Waals surface area contributed by atoms with Crippen molar-refractivity contribution in [1.82, 2.24) is 4.90 Å². The molecule has 0 aromatic heterocycles. The largest absolute Gasteiger partial charge is 0.493 e. The van der Waals surface area contributed by atoms with E-state index in [4.69, 9.17) is 25.8 Å². The normalized spacial score (nSPS) is 19.3. The summed E-state index contributed by atoms with van der Waals surface area (Å²) in [7, 11) is 3.05. The molecule has 0 aliphatic carbocycles. The van der Waals surface area contributed by atoms with Gasteiger partial charge in [-0.25, -0.2) is 0 Å². The number of morpholine rings is 1. The summed E-state index contributed by atoms with van der Waals surface area (Å²) in [4.78, 5) is 13.1. The molecule has 0 bridgehead atoms. The van der Waals surface area contributed by atoms with Crippen LogP contribution in [0.3, 0.4) is 0 Å². The summed E-state index contributed by atoms with van der Waals surface area (Å²) in [6.07, 6.45) is 0. The number of nitrogens with zero attached hydrogens (tertiary/aromatic N) is 1. The average molecular weight is 316 g/mol. The fourth-order valence-corrected chi connectivity index (χ4v) is 2.62. The number of aliphatic carboxylic acids is 1. The molecule has 1 N–H and O–H groups in total. The molecule has 6 nitrogen and oxygen atoms in total. The predicted octanol–water partition coefficient (Wildman–Crippen LogP) is 1.64. The van der Waals surface area contributed by atoms with Crippen molar-refractivity contribution < 1.29 is 24.1 Å². The topological polar surface area (TPSA) is 68.2 Å². The third-order valence-electron chi connectivity index (χ3n) is 3.46. The fourth-order valence-electron chi connectivity index (χ4n) is 2.33. The van der Waals surface area contributed by atoms with Crippen molar-refractivity contribution in [2.24, 2.45) is 0 Å². The molecule has 1 fully saturated rings. The smallest absolute Gasteiger partial charge is 0.323 e. The van der Waals surface area contributed by atoms with Gasteiger partial charge in [-0.15, -0.1) is 0 Å². The molecule has 0 saturated carbocycles. The maximum absolute atomic E-state index is 11.3. The molecule has 0 amide bonds. The molecule has 1 heterocycles. The van der Waals surface area contributed by atoms with Gasteiger partial charge in [0, 0.05) is 13.1 Å². The molecule has 1 aromatic rings. The van der Waals surface area contributed by atoms with Crippen LogP contribution in [-0.2, 0) is 16.1 Å². The maximum atomic E-state index is 11.3. The molecular formula is C14H18ClNO5. The first kappa shape index (κ1) is 15.9. The van der Waals surface area contributed by atoms with E-state index in [1.54, 1.807) is 6.07 Å². The first-order valence-corrected chi connectivity index (χ1v) is 6.90. The monoisotopic (exact) mass is 315 g/mol. The number of carboxylic acid groups (broad SMARTS) is 1. The second-order valence-corrected chi connectivity index (χ2v) is 5.05. The number of ether oxygens (including phenoxy) is 3. The van der Waals surface area contributed by atoms with Gasteiger partial charge >= 0.3 is 5.97 Å². The van der Waals surface area contributed by atoms with Crippen LogP contribution in [0.15, 0.2) is 12.1 Å². The van der Waals surface area contributed by atoms with Crippen LogP contribution >= 0.6 is 11.6 Å². The number of benzene rings is 1. The third kappa shape index (κ3) is 3.40. The van der Waals surface area contributed by atoms with Gasteiger partial charge in [0.25, 0.3) is 0 Å². The van der Waals surface area contributed by atoms with Crippen LogP contribution < -0.4 is 9.47 Å². The van der Waals surface area contributed by atoms with E-state index in [1.807, 2.05) is 11.0 Å². The Labute approximate surface area is 128 Å². The van der Waals surface area contributed by atoms with Crippen LogP contribution in [0.2, 0.25) is 5.02 Å². The van der Waals surface area contributed by atoms with Gasteiger partial charge in [0.1, 0.15) is 6.04 Å². The highest BCUT2D eigenvalue weighted by atomic mass is 35.5. The Balaban J connectivity index is 2.24. The lowest BCUT2D eigenvalue weighted by molar-refractivity contribution is -0.150. The lowest BCUT2D eigenvalue weighted by Gasteiger charge is -2.33. The minimum atomic E-state index is -0.897. The third-order valence-corrected chi connectivity index (χ3v) is 3.88. The lowest BCUT2D eigenvalue weighted by atomic mass is 10.1. The Kier molecular flexibility index (Phi) is 5.27. The van der Waals surface area contributed by atoms with E-state index in [1.165, 1.54) is 14.2 Å². The predicted molar refractivity (Wildman–Crippen MR) is 77.2 cm³/mol. The molecule has 0 spiro atoms. The number of hydrogen-bond acceptors (Lipinski definition) is 5. The molecular weight excluding hydrogens is 298 g/mol. The van der Waals surface area contributed by atoms with Gasteiger partial charge in [-0.05, 0) is 11.6 Å². The van der Waals surface area contributed by atoms with Crippen molar-refractivity contribution in [3.8, 4) is 11.5 Å². The SMILES string of the molecule is COc1ccc(CN2CCOCC2C(=O)O)c(Cl)c1OC. The Bertz CT molecular complexity index is 522. The number of carboxylic acids is 1. The molecule has 1 atom stereocenters. The van der Waals surface area contributed by atoms with Crippen LogP contribution in [0.25, 0.3) is 0 Å². The summed E-state index contributed by atoms with van der Waals surface area (Å²) in [5.41, 5.74) is 0.794. The molecule has 21 heavy (non-hydrogen) atoms. The van der Waals surface area contributed by atoms with E-state index < -0.39 is 12.0 Å². The zero-order valence-electron chi connectivity index (χ0n) is 12.0. The highest BCUT2D eigenvalue weighted by Gasteiger charge is 2.30. The maximum Gasteiger partial charge on any atom is 0.323 e. The van der Waals surface area contributed by atoms with Crippen LogP contribution in [0, 0.1) is 0 Å². The van der Waals surface area contributed by atoms with Crippen molar-refractivity contribution in [1.29, 1.82) is 0 Å². The molecule has 2 rings (SSSR count).